The molecule has 74 valence electrons. The minimum Gasteiger partial charge on any atom is -0.304 e. The second-order valence-electron chi connectivity index (χ2n) is 3.59. The molecule has 0 fully saturated rings. The summed E-state index contributed by atoms with van der Waals surface area (Å²) in [5.74, 6) is 5.96. The molecule has 1 aromatic heterocycles. The fourth-order valence-electron chi connectivity index (χ4n) is 1.29. The van der Waals surface area contributed by atoms with Crippen LogP contribution in [0.3, 0.4) is 0 Å². The van der Waals surface area contributed by atoms with Crippen LogP contribution in [-0.2, 0) is 16.8 Å². The van der Waals surface area contributed by atoms with Gasteiger partial charge in [0.25, 0.3) is 0 Å². The van der Waals surface area contributed by atoms with E-state index in [4.69, 9.17) is 5.90 Å². The Labute approximate surface area is 77.9 Å². The Morgan fingerprint density at radius 2 is 2.31 bits per heavy atom. The lowest BCUT2D eigenvalue weighted by Gasteiger charge is -2.22. The minimum atomic E-state index is -0.193. The second-order valence-corrected chi connectivity index (χ2v) is 3.59. The van der Waals surface area contributed by atoms with Gasteiger partial charge in [-0.1, -0.05) is 13.8 Å². The van der Waals surface area contributed by atoms with Crippen molar-refractivity contribution in [3.05, 3.63) is 12.2 Å². The van der Waals surface area contributed by atoms with Gasteiger partial charge in [0.2, 0.25) is 0 Å². The van der Waals surface area contributed by atoms with Crippen LogP contribution in [0.15, 0.2) is 6.33 Å². The quantitative estimate of drug-likeness (QED) is 0.690. The first-order valence-electron chi connectivity index (χ1n) is 4.31. The molecule has 1 aromatic rings. The average Bonchev–Trinajstić information content (AvgIpc) is 2.51. The summed E-state index contributed by atoms with van der Waals surface area (Å²) in [4.78, 5) is 8.84. The lowest BCUT2D eigenvalue weighted by molar-refractivity contribution is 0.0914. The molecule has 13 heavy (non-hydrogen) atoms. The first-order chi connectivity index (χ1) is 6.11. The van der Waals surface area contributed by atoms with Crippen LogP contribution in [0.2, 0.25) is 0 Å². The molecule has 5 heteroatoms. The van der Waals surface area contributed by atoms with Gasteiger partial charge in [0, 0.05) is 12.0 Å². The summed E-state index contributed by atoms with van der Waals surface area (Å²) < 4.78 is 1.85. The highest BCUT2D eigenvalue weighted by Crippen LogP contribution is 2.20. The molecule has 0 aliphatic heterocycles. The largest absolute Gasteiger partial charge is 0.304 e. The zero-order valence-corrected chi connectivity index (χ0v) is 8.32. The number of nitrogens with zero attached hydrogens (tertiary/aromatic N) is 3. The fourth-order valence-corrected chi connectivity index (χ4v) is 1.29. The average molecular weight is 184 g/mol. The Morgan fingerprint density at radius 3 is 2.85 bits per heavy atom. The second kappa shape index (κ2) is 3.85. The number of nitrogens with two attached hydrogens (primary N) is 1. The molecule has 0 atom stereocenters. The highest BCUT2D eigenvalue weighted by Gasteiger charge is 2.26. The third-order valence-electron chi connectivity index (χ3n) is 1.96. The van der Waals surface area contributed by atoms with E-state index in [1.807, 2.05) is 25.5 Å². The van der Waals surface area contributed by atoms with E-state index in [0.29, 0.717) is 6.61 Å². The molecule has 2 N–H and O–H groups in total. The first-order valence-corrected chi connectivity index (χ1v) is 4.31. The van der Waals surface area contributed by atoms with Gasteiger partial charge in [-0.25, -0.2) is 15.6 Å². The third-order valence-corrected chi connectivity index (χ3v) is 1.96. The Hall–Kier alpha value is -0.940. The Balaban J connectivity index is 2.91. The lowest BCUT2D eigenvalue weighted by Crippen LogP contribution is -2.30. The van der Waals surface area contributed by atoms with Crippen LogP contribution in [0, 0.1) is 0 Å². The fraction of sp³-hybridized carbons (Fsp3) is 0.750. The first kappa shape index (κ1) is 10.1. The van der Waals surface area contributed by atoms with E-state index in [-0.39, 0.29) is 5.41 Å². The van der Waals surface area contributed by atoms with Crippen LogP contribution in [0.1, 0.15) is 26.6 Å². The highest BCUT2D eigenvalue weighted by molar-refractivity contribution is 5.03. The number of aromatic nitrogens is 3. The normalized spacial score (nSPS) is 12.0. The van der Waals surface area contributed by atoms with Crippen LogP contribution in [0.5, 0.6) is 0 Å². The van der Waals surface area contributed by atoms with Crippen molar-refractivity contribution in [3.8, 4) is 0 Å². The van der Waals surface area contributed by atoms with E-state index in [2.05, 4.69) is 14.9 Å². The predicted molar refractivity (Wildman–Crippen MR) is 48.9 cm³/mol. The predicted octanol–water partition coefficient (Wildman–Crippen LogP) is 0.466. The van der Waals surface area contributed by atoms with Gasteiger partial charge in [-0.2, -0.15) is 5.10 Å². The van der Waals surface area contributed by atoms with Crippen molar-refractivity contribution in [1.82, 2.24) is 14.8 Å². The van der Waals surface area contributed by atoms with Gasteiger partial charge in [-0.05, 0) is 6.92 Å². The van der Waals surface area contributed by atoms with Crippen molar-refractivity contribution in [3.63, 3.8) is 0 Å². The maximum Gasteiger partial charge on any atom is 0.138 e. The number of rotatable bonds is 4. The van der Waals surface area contributed by atoms with E-state index >= 15 is 0 Å². The zero-order valence-electron chi connectivity index (χ0n) is 8.32. The van der Waals surface area contributed by atoms with Gasteiger partial charge < -0.3 is 4.84 Å². The molecule has 1 heterocycles. The van der Waals surface area contributed by atoms with Gasteiger partial charge in [0.15, 0.2) is 0 Å². The molecule has 0 saturated carbocycles. The zero-order chi connectivity index (χ0) is 9.90. The van der Waals surface area contributed by atoms with Gasteiger partial charge in [-0.3, -0.25) is 0 Å². The van der Waals surface area contributed by atoms with Gasteiger partial charge in [-0.15, -0.1) is 0 Å². The summed E-state index contributed by atoms with van der Waals surface area (Å²) in [5.41, 5.74) is -0.193. The SMILES string of the molecule is CCn1ncnc1C(C)(C)CON. The number of hydrogen-bond donors (Lipinski definition) is 1. The molecule has 0 saturated heterocycles. The summed E-state index contributed by atoms with van der Waals surface area (Å²) in [5, 5.41) is 4.09. The van der Waals surface area contributed by atoms with Crippen LogP contribution in [-0.4, -0.2) is 21.4 Å². The van der Waals surface area contributed by atoms with Crippen molar-refractivity contribution < 1.29 is 4.84 Å². The van der Waals surface area contributed by atoms with Crippen molar-refractivity contribution in [2.75, 3.05) is 6.61 Å². The Kier molecular flexibility index (Phi) is 3.00. The molecule has 0 aromatic carbocycles. The monoisotopic (exact) mass is 184 g/mol. The summed E-state index contributed by atoms with van der Waals surface area (Å²) in [7, 11) is 0. The molecular formula is C8H16N4O. The van der Waals surface area contributed by atoms with Crippen molar-refractivity contribution >= 4 is 0 Å². The minimum absolute atomic E-state index is 0.193. The number of hydrogen-bond acceptors (Lipinski definition) is 4. The van der Waals surface area contributed by atoms with Crippen molar-refractivity contribution in [1.29, 1.82) is 0 Å². The third kappa shape index (κ3) is 2.05. The van der Waals surface area contributed by atoms with Crippen molar-refractivity contribution in [2.45, 2.75) is 32.7 Å². The van der Waals surface area contributed by atoms with Gasteiger partial charge in [0.1, 0.15) is 12.2 Å². The lowest BCUT2D eigenvalue weighted by atomic mass is 9.94. The summed E-state index contributed by atoms with van der Waals surface area (Å²) in [6, 6.07) is 0. The van der Waals surface area contributed by atoms with Crippen LogP contribution < -0.4 is 5.90 Å². The van der Waals surface area contributed by atoms with Crippen LogP contribution >= 0.6 is 0 Å². The van der Waals surface area contributed by atoms with E-state index in [1.54, 1.807) is 6.33 Å². The molecule has 0 aliphatic rings. The molecule has 0 amide bonds. The molecule has 0 unspecified atom stereocenters. The maximum atomic E-state index is 5.05. The molecule has 0 radical (unpaired) electrons. The molecule has 0 spiro atoms. The number of aryl methyl sites for hydroxylation is 1. The van der Waals surface area contributed by atoms with Gasteiger partial charge in [0.05, 0.1) is 6.61 Å². The molecule has 0 aliphatic carbocycles. The topological polar surface area (TPSA) is 66.0 Å². The van der Waals surface area contributed by atoms with E-state index in [9.17, 15) is 0 Å². The van der Waals surface area contributed by atoms with Crippen LogP contribution in [0.25, 0.3) is 0 Å². The maximum absolute atomic E-state index is 5.05. The van der Waals surface area contributed by atoms with Crippen molar-refractivity contribution in [2.24, 2.45) is 5.90 Å². The van der Waals surface area contributed by atoms with Crippen LogP contribution in [0.4, 0.5) is 0 Å². The summed E-state index contributed by atoms with van der Waals surface area (Å²) in [6.45, 7) is 7.32. The molecule has 1 rings (SSSR count). The Morgan fingerprint density at radius 1 is 1.62 bits per heavy atom. The Bertz CT molecular complexity index is 269. The van der Waals surface area contributed by atoms with E-state index in [0.717, 1.165) is 12.4 Å². The molecule has 5 nitrogen and oxygen atoms in total. The van der Waals surface area contributed by atoms with Gasteiger partial charge >= 0.3 is 0 Å². The summed E-state index contributed by atoms with van der Waals surface area (Å²) in [6.07, 6.45) is 1.55. The standard InChI is InChI=1S/C8H16N4O/c1-4-12-7(10-6-11-12)8(2,3)5-13-9/h6H,4-5,9H2,1-3H3. The van der Waals surface area contributed by atoms with E-state index < -0.39 is 0 Å². The molecule has 0 bridgehead atoms. The summed E-state index contributed by atoms with van der Waals surface area (Å²) >= 11 is 0. The smallest absolute Gasteiger partial charge is 0.138 e. The van der Waals surface area contributed by atoms with E-state index in [1.165, 1.54) is 0 Å². The molecular weight excluding hydrogens is 168 g/mol. The highest BCUT2D eigenvalue weighted by atomic mass is 16.6.